The topological polar surface area (TPSA) is 65.5 Å². The van der Waals surface area contributed by atoms with Crippen LogP contribution in [0.4, 0.5) is 0 Å². The van der Waals surface area contributed by atoms with Gasteiger partial charge in [-0.1, -0.05) is 37.6 Å². The number of guanidine groups is 1. The Bertz CT molecular complexity index is 597. The summed E-state index contributed by atoms with van der Waals surface area (Å²) >= 11 is 6.08. The van der Waals surface area contributed by atoms with Gasteiger partial charge in [0.2, 0.25) is 5.91 Å². The van der Waals surface area contributed by atoms with Gasteiger partial charge in [-0.2, -0.15) is 0 Å². The Kier molecular flexibility index (Phi) is 9.79. The van der Waals surface area contributed by atoms with Crippen LogP contribution in [0.5, 0.6) is 0 Å². The first-order valence-electron chi connectivity index (χ1n) is 8.05. The van der Waals surface area contributed by atoms with E-state index in [0.717, 1.165) is 10.6 Å². The van der Waals surface area contributed by atoms with Gasteiger partial charge in [0, 0.05) is 29.6 Å². The van der Waals surface area contributed by atoms with Gasteiger partial charge in [-0.15, -0.1) is 24.0 Å². The summed E-state index contributed by atoms with van der Waals surface area (Å²) in [7, 11) is 1.68. The number of aliphatic imine (C=N–C) groups is 1. The normalized spacial score (nSPS) is 12.2. The van der Waals surface area contributed by atoms with Crippen LogP contribution in [0, 0.1) is 0 Å². The van der Waals surface area contributed by atoms with Gasteiger partial charge >= 0.3 is 0 Å². The molecule has 1 aromatic carbocycles. The molecule has 1 amide bonds. The smallest absolute Gasteiger partial charge is 0.239 e. The van der Waals surface area contributed by atoms with Crippen molar-refractivity contribution in [3.05, 3.63) is 34.9 Å². The van der Waals surface area contributed by atoms with Crippen LogP contribution in [-0.2, 0) is 10.2 Å². The van der Waals surface area contributed by atoms with Gasteiger partial charge in [0.05, 0.1) is 6.54 Å². The summed E-state index contributed by atoms with van der Waals surface area (Å²) in [5.74, 6) is 0.522. The first-order chi connectivity index (χ1) is 11.0. The lowest BCUT2D eigenvalue weighted by molar-refractivity contribution is -0.121. The molecule has 0 bridgehead atoms. The molecule has 0 fully saturated rings. The van der Waals surface area contributed by atoms with E-state index in [4.69, 9.17) is 11.6 Å². The van der Waals surface area contributed by atoms with Crippen LogP contribution in [0.25, 0.3) is 0 Å². The molecule has 3 N–H and O–H groups in total. The number of rotatable bonds is 5. The molecule has 0 unspecified atom stereocenters. The van der Waals surface area contributed by atoms with Crippen LogP contribution in [-0.4, -0.2) is 37.5 Å². The highest BCUT2D eigenvalue weighted by Crippen LogP contribution is 2.24. The predicted octanol–water partition coefficient (Wildman–Crippen LogP) is 3.32. The molecule has 142 valence electrons. The van der Waals surface area contributed by atoms with E-state index in [9.17, 15) is 4.79 Å². The minimum atomic E-state index is -0.246. The Morgan fingerprint density at radius 3 is 2.32 bits per heavy atom. The van der Waals surface area contributed by atoms with Crippen molar-refractivity contribution in [3.8, 4) is 0 Å². The van der Waals surface area contributed by atoms with E-state index < -0.39 is 0 Å². The first kappa shape index (κ1) is 24.0. The fourth-order valence-electron chi connectivity index (χ4n) is 2.16. The molecule has 7 heteroatoms. The Hall–Kier alpha value is -1.02. The van der Waals surface area contributed by atoms with Crippen molar-refractivity contribution in [1.82, 2.24) is 16.0 Å². The molecule has 0 heterocycles. The summed E-state index contributed by atoms with van der Waals surface area (Å²) in [6.45, 7) is 10.9. The van der Waals surface area contributed by atoms with Gasteiger partial charge in [-0.25, -0.2) is 0 Å². The molecule has 0 atom stereocenters. The fourth-order valence-corrected chi connectivity index (χ4v) is 2.35. The number of halogens is 2. The third-order valence-corrected chi connectivity index (χ3v) is 3.69. The average Bonchev–Trinajstić information content (AvgIpc) is 2.45. The lowest BCUT2D eigenvalue weighted by atomic mass is 9.84. The van der Waals surface area contributed by atoms with Gasteiger partial charge in [0.1, 0.15) is 0 Å². The van der Waals surface area contributed by atoms with Crippen molar-refractivity contribution in [2.45, 2.75) is 45.6 Å². The third-order valence-electron chi connectivity index (χ3n) is 3.46. The van der Waals surface area contributed by atoms with E-state index in [2.05, 4.69) is 40.9 Å². The maximum atomic E-state index is 11.9. The lowest BCUT2D eigenvalue weighted by Crippen LogP contribution is -2.49. The van der Waals surface area contributed by atoms with Gasteiger partial charge in [0.25, 0.3) is 0 Å². The zero-order valence-electron chi connectivity index (χ0n) is 15.9. The molecule has 0 aliphatic carbocycles. The molecule has 0 saturated heterocycles. The van der Waals surface area contributed by atoms with Crippen LogP contribution in [0.15, 0.2) is 29.3 Å². The summed E-state index contributed by atoms with van der Waals surface area (Å²) in [4.78, 5) is 16.0. The van der Waals surface area contributed by atoms with Gasteiger partial charge in [0.15, 0.2) is 5.96 Å². The maximum Gasteiger partial charge on any atom is 0.239 e. The molecule has 1 aromatic rings. The summed E-state index contributed by atoms with van der Waals surface area (Å²) < 4.78 is 0. The van der Waals surface area contributed by atoms with Crippen LogP contribution in [0.3, 0.4) is 0 Å². The van der Waals surface area contributed by atoms with Crippen LogP contribution in [0.1, 0.15) is 40.2 Å². The number of hydrogen-bond donors (Lipinski definition) is 3. The van der Waals surface area contributed by atoms with E-state index in [1.807, 2.05) is 39.0 Å². The van der Waals surface area contributed by atoms with Gasteiger partial charge in [-0.3, -0.25) is 9.79 Å². The quantitative estimate of drug-likeness (QED) is 0.344. The van der Waals surface area contributed by atoms with Crippen LogP contribution in [0.2, 0.25) is 5.02 Å². The summed E-state index contributed by atoms with van der Waals surface area (Å²) in [6.07, 6.45) is 0. The second-order valence-electron chi connectivity index (χ2n) is 7.47. The maximum absolute atomic E-state index is 11.9. The van der Waals surface area contributed by atoms with Crippen molar-refractivity contribution in [2.75, 3.05) is 20.1 Å². The molecule has 25 heavy (non-hydrogen) atoms. The standard InChI is InChI=1S/C18H29ClN4O.HI/c1-17(2,3)23-15(24)11-21-16(20-6)22-12-18(4,5)13-8-7-9-14(19)10-13;/h7-10H,11-12H2,1-6H3,(H,23,24)(H2,20,21,22);1H. The highest BCUT2D eigenvalue weighted by molar-refractivity contribution is 14.0. The zero-order chi connectivity index (χ0) is 18.4. The Balaban J connectivity index is 0.00000576. The van der Waals surface area contributed by atoms with E-state index in [0.29, 0.717) is 12.5 Å². The minimum Gasteiger partial charge on any atom is -0.356 e. The number of amides is 1. The molecule has 0 saturated carbocycles. The average molecular weight is 481 g/mol. The number of hydrogen-bond acceptors (Lipinski definition) is 2. The van der Waals surface area contributed by atoms with E-state index >= 15 is 0 Å². The first-order valence-corrected chi connectivity index (χ1v) is 8.43. The number of carbonyl (C=O) groups excluding carboxylic acids is 1. The molecular formula is C18H30ClIN4O. The van der Waals surface area contributed by atoms with E-state index in [1.54, 1.807) is 7.05 Å². The molecule has 0 aliphatic heterocycles. The Morgan fingerprint density at radius 1 is 1.16 bits per heavy atom. The van der Waals surface area contributed by atoms with Crippen molar-refractivity contribution in [2.24, 2.45) is 4.99 Å². The minimum absolute atomic E-state index is 0. The van der Waals surface area contributed by atoms with Crippen LogP contribution < -0.4 is 16.0 Å². The summed E-state index contributed by atoms with van der Waals surface area (Å²) in [5, 5.41) is 9.92. The second-order valence-corrected chi connectivity index (χ2v) is 7.91. The number of nitrogens with one attached hydrogen (secondary N) is 3. The largest absolute Gasteiger partial charge is 0.356 e. The number of benzene rings is 1. The van der Waals surface area contributed by atoms with Crippen LogP contribution >= 0.6 is 35.6 Å². The molecule has 0 aromatic heterocycles. The van der Waals surface area contributed by atoms with Gasteiger partial charge < -0.3 is 16.0 Å². The fraction of sp³-hybridized carbons (Fsp3) is 0.556. The predicted molar refractivity (Wildman–Crippen MR) is 117 cm³/mol. The second kappa shape index (κ2) is 10.2. The molecule has 1 rings (SSSR count). The van der Waals surface area contributed by atoms with Crippen molar-refractivity contribution in [1.29, 1.82) is 0 Å². The zero-order valence-corrected chi connectivity index (χ0v) is 19.0. The lowest BCUT2D eigenvalue weighted by Gasteiger charge is -2.27. The van der Waals surface area contributed by atoms with E-state index in [1.165, 1.54) is 0 Å². The monoisotopic (exact) mass is 480 g/mol. The molecular weight excluding hydrogens is 451 g/mol. The Morgan fingerprint density at radius 2 is 1.80 bits per heavy atom. The Labute approximate surface area is 173 Å². The van der Waals surface area contributed by atoms with Crippen molar-refractivity contribution in [3.63, 3.8) is 0 Å². The SMILES string of the molecule is CN=C(NCC(=O)NC(C)(C)C)NCC(C)(C)c1cccc(Cl)c1.I. The number of carbonyl (C=O) groups is 1. The summed E-state index contributed by atoms with van der Waals surface area (Å²) in [6, 6.07) is 7.84. The van der Waals surface area contributed by atoms with Crippen molar-refractivity contribution < 1.29 is 4.79 Å². The molecule has 0 radical (unpaired) electrons. The highest BCUT2D eigenvalue weighted by atomic mass is 127. The van der Waals surface area contributed by atoms with Gasteiger partial charge in [-0.05, 0) is 38.5 Å². The summed E-state index contributed by atoms with van der Waals surface area (Å²) in [5.41, 5.74) is 0.768. The number of nitrogens with zero attached hydrogens (tertiary/aromatic N) is 1. The van der Waals surface area contributed by atoms with Crippen molar-refractivity contribution >= 4 is 47.4 Å². The molecule has 5 nitrogen and oxygen atoms in total. The molecule has 0 spiro atoms. The third kappa shape index (κ3) is 9.30. The van der Waals surface area contributed by atoms with E-state index in [-0.39, 0.29) is 47.4 Å². The molecule has 0 aliphatic rings. The highest BCUT2D eigenvalue weighted by Gasteiger charge is 2.21.